The first-order valence-electron chi connectivity index (χ1n) is 12.9. The molecular formula is C33H26N2O4. The SMILES string of the molecule is Cc1ccc(/C=C2\c3ccc([N+](=O)[O-])cc3CC23Cc2cc([N+](=O)[O-])ccc2/C3=C\c2ccc(C)cc2)cc1. The summed E-state index contributed by atoms with van der Waals surface area (Å²) in [5, 5.41) is 23.3. The number of nitro benzene ring substituents is 2. The van der Waals surface area contributed by atoms with Crippen LogP contribution in [0.2, 0.25) is 0 Å². The largest absolute Gasteiger partial charge is 0.269 e. The van der Waals surface area contributed by atoms with E-state index in [1.807, 2.05) is 26.0 Å². The lowest BCUT2D eigenvalue weighted by Gasteiger charge is -2.29. The van der Waals surface area contributed by atoms with Gasteiger partial charge in [-0.25, -0.2) is 0 Å². The van der Waals surface area contributed by atoms with E-state index < -0.39 is 5.41 Å². The maximum absolute atomic E-state index is 11.6. The van der Waals surface area contributed by atoms with Crippen molar-refractivity contribution in [1.82, 2.24) is 0 Å². The molecule has 0 aromatic heterocycles. The summed E-state index contributed by atoms with van der Waals surface area (Å²) in [4.78, 5) is 22.6. The highest BCUT2D eigenvalue weighted by Gasteiger charge is 2.50. The number of nitrogens with zero attached hydrogens (tertiary/aromatic N) is 2. The first kappa shape index (κ1) is 24.5. The van der Waals surface area contributed by atoms with Crippen LogP contribution in [-0.4, -0.2) is 9.85 Å². The zero-order chi connectivity index (χ0) is 27.3. The van der Waals surface area contributed by atoms with Crippen molar-refractivity contribution in [2.75, 3.05) is 0 Å². The summed E-state index contributed by atoms with van der Waals surface area (Å²) in [6.07, 6.45) is 5.50. The zero-order valence-corrected chi connectivity index (χ0v) is 21.7. The Kier molecular flexibility index (Phi) is 5.76. The minimum Gasteiger partial charge on any atom is -0.258 e. The Morgan fingerprint density at radius 2 is 1.00 bits per heavy atom. The average molecular weight is 515 g/mol. The first-order chi connectivity index (χ1) is 18.7. The highest BCUT2D eigenvalue weighted by Crippen LogP contribution is 2.61. The summed E-state index contributed by atoms with van der Waals surface area (Å²) in [6, 6.07) is 26.8. The smallest absolute Gasteiger partial charge is 0.258 e. The molecule has 4 aromatic rings. The van der Waals surface area contributed by atoms with Crippen molar-refractivity contribution >= 4 is 34.7 Å². The fourth-order valence-corrected chi connectivity index (χ4v) is 6.05. The highest BCUT2D eigenvalue weighted by atomic mass is 16.6. The van der Waals surface area contributed by atoms with E-state index in [0.29, 0.717) is 12.8 Å². The van der Waals surface area contributed by atoms with E-state index in [1.54, 1.807) is 24.3 Å². The second-order valence-electron chi connectivity index (χ2n) is 10.6. The molecule has 0 atom stereocenters. The molecule has 0 saturated carbocycles. The molecule has 0 amide bonds. The van der Waals surface area contributed by atoms with Crippen molar-refractivity contribution in [3.05, 3.63) is 150 Å². The molecule has 0 heterocycles. The third kappa shape index (κ3) is 4.24. The Morgan fingerprint density at radius 3 is 1.36 bits per heavy atom. The van der Waals surface area contributed by atoms with Crippen LogP contribution in [-0.2, 0) is 12.8 Å². The second-order valence-corrected chi connectivity index (χ2v) is 10.6. The van der Waals surface area contributed by atoms with Crippen LogP contribution in [0.1, 0.15) is 44.5 Å². The van der Waals surface area contributed by atoms with Gasteiger partial charge in [0.2, 0.25) is 0 Å². The van der Waals surface area contributed by atoms with Gasteiger partial charge in [0.25, 0.3) is 11.4 Å². The van der Waals surface area contributed by atoms with Crippen molar-refractivity contribution in [1.29, 1.82) is 0 Å². The Morgan fingerprint density at radius 1 is 0.615 bits per heavy atom. The third-order valence-corrected chi connectivity index (χ3v) is 7.97. The number of fused-ring (bicyclic) bond motifs is 2. The maximum atomic E-state index is 11.6. The number of allylic oxidation sites excluding steroid dienone is 2. The molecule has 6 nitrogen and oxygen atoms in total. The van der Waals surface area contributed by atoms with Crippen LogP contribution in [0.4, 0.5) is 11.4 Å². The first-order valence-corrected chi connectivity index (χ1v) is 12.9. The summed E-state index contributed by atoms with van der Waals surface area (Å²) in [5.74, 6) is 0. The van der Waals surface area contributed by atoms with Gasteiger partial charge < -0.3 is 0 Å². The number of non-ortho nitro benzene ring substituents is 2. The zero-order valence-electron chi connectivity index (χ0n) is 21.7. The Hall–Kier alpha value is -4.84. The van der Waals surface area contributed by atoms with E-state index in [2.05, 4.69) is 60.7 Å². The molecule has 4 aromatic carbocycles. The molecule has 0 bridgehead atoms. The second kappa shape index (κ2) is 9.17. The lowest BCUT2D eigenvalue weighted by molar-refractivity contribution is -0.385. The molecule has 0 unspecified atom stereocenters. The highest BCUT2D eigenvalue weighted by molar-refractivity contribution is 6.04. The summed E-state index contributed by atoms with van der Waals surface area (Å²) >= 11 is 0. The number of benzene rings is 4. The molecule has 0 fully saturated rings. The minimum absolute atomic E-state index is 0.0655. The number of rotatable bonds is 4. The van der Waals surface area contributed by atoms with Crippen molar-refractivity contribution < 1.29 is 9.85 Å². The van der Waals surface area contributed by atoms with Crippen LogP contribution in [0.15, 0.2) is 84.9 Å². The monoisotopic (exact) mass is 514 g/mol. The Labute approximate surface area is 226 Å². The summed E-state index contributed by atoms with van der Waals surface area (Å²) in [6.45, 7) is 4.09. The van der Waals surface area contributed by atoms with Crippen molar-refractivity contribution in [3.8, 4) is 0 Å². The normalized spacial score (nSPS) is 17.0. The molecule has 39 heavy (non-hydrogen) atoms. The van der Waals surface area contributed by atoms with Gasteiger partial charge in [-0.05, 0) is 83.3 Å². The lowest BCUT2D eigenvalue weighted by atomic mass is 9.73. The predicted octanol–water partition coefficient (Wildman–Crippen LogP) is 8.00. The quantitative estimate of drug-likeness (QED) is 0.204. The van der Waals surface area contributed by atoms with Crippen LogP contribution in [0.25, 0.3) is 23.3 Å². The molecule has 6 heteroatoms. The number of hydrogen-bond acceptors (Lipinski definition) is 4. The van der Waals surface area contributed by atoms with E-state index in [0.717, 1.165) is 55.7 Å². The van der Waals surface area contributed by atoms with Crippen molar-refractivity contribution in [3.63, 3.8) is 0 Å². The molecule has 1 spiro atoms. The van der Waals surface area contributed by atoms with Gasteiger partial charge in [0.1, 0.15) is 0 Å². The molecule has 192 valence electrons. The fraction of sp³-hybridized carbons (Fsp3) is 0.152. The summed E-state index contributed by atoms with van der Waals surface area (Å²) < 4.78 is 0. The predicted molar refractivity (Wildman–Crippen MR) is 154 cm³/mol. The van der Waals surface area contributed by atoms with Crippen LogP contribution in [0.3, 0.4) is 0 Å². The van der Waals surface area contributed by atoms with Crippen molar-refractivity contribution in [2.45, 2.75) is 26.7 Å². The Balaban J connectivity index is 1.62. The standard InChI is InChI=1S/C33H26N2O4/c1-21-3-7-23(8-4-21)15-31-29-13-11-27(34(36)37)17-25(29)19-33(31)20-26-18-28(35(38)39)12-14-30(26)32(33)16-24-9-5-22(2)6-10-24/h3-18H,19-20H2,1-2H3/b31-15+,32-16+. The number of nitro groups is 2. The molecule has 0 saturated heterocycles. The molecule has 6 rings (SSSR count). The van der Waals surface area contributed by atoms with E-state index >= 15 is 0 Å². The van der Waals surface area contributed by atoms with Gasteiger partial charge >= 0.3 is 0 Å². The number of aryl methyl sites for hydroxylation is 2. The third-order valence-electron chi connectivity index (χ3n) is 7.97. The fourth-order valence-electron chi connectivity index (χ4n) is 6.05. The molecule has 0 radical (unpaired) electrons. The van der Waals surface area contributed by atoms with E-state index in [-0.39, 0.29) is 21.2 Å². The molecule has 0 aliphatic heterocycles. The summed E-state index contributed by atoms with van der Waals surface area (Å²) in [5.41, 5.74) is 9.97. The van der Waals surface area contributed by atoms with Crippen LogP contribution >= 0.6 is 0 Å². The maximum Gasteiger partial charge on any atom is 0.269 e. The van der Waals surface area contributed by atoms with Crippen LogP contribution < -0.4 is 0 Å². The van der Waals surface area contributed by atoms with E-state index in [4.69, 9.17) is 0 Å². The topological polar surface area (TPSA) is 86.3 Å². The minimum atomic E-state index is -0.523. The Bertz CT molecular complexity index is 1590. The van der Waals surface area contributed by atoms with Gasteiger partial charge in [0.15, 0.2) is 0 Å². The van der Waals surface area contributed by atoms with Gasteiger partial charge in [-0.1, -0.05) is 71.8 Å². The van der Waals surface area contributed by atoms with E-state index in [9.17, 15) is 20.2 Å². The van der Waals surface area contributed by atoms with E-state index in [1.165, 1.54) is 0 Å². The van der Waals surface area contributed by atoms with Crippen LogP contribution in [0, 0.1) is 39.5 Å². The molecule has 2 aliphatic rings. The van der Waals surface area contributed by atoms with Gasteiger partial charge in [-0.15, -0.1) is 0 Å². The molecular weight excluding hydrogens is 488 g/mol. The number of hydrogen-bond donors (Lipinski definition) is 0. The molecule has 2 aliphatic carbocycles. The van der Waals surface area contributed by atoms with Gasteiger partial charge in [0, 0.05) is 29.7 Å². The van der Waals surface area contributed by atoms with Gasteiger partial charge in [0.05, 0.1) is 9.85 Å². The van der Waals surface area contributed by atoms with Crippen molar-refractivity contribution in [2.24, 2.45) is 5.41 Å². The summed E-state index contributed by atoms with van der Waals surface area (Å²) in [7, 11) is 0. The van der Waals surface area contributed by atoms with Gasteiger partial charge in [-0.2, -0.15) is 0 Å². The van der Waals surface area contributed by atoms with Crippen LogP contribution in [0.5, 0.6) is 0 Å². The molecule has 0 N–H and O–H groups in total. The van der Waals surface area contributed by atoms with Gasteiger partial charge in [-0.3, -0.25) is 20.2 Å². The lowest BCUT2D eigenvalue weighted by Crippen LogP contribution is -2.20. The average Bonchev–Trinajstić information content (AvgIpc) is 3.39.